The lowest BCUT2D eigenvalue weighted by atomic mass is 9.86. The summed E-state index contributed by atoms with van der Waals surface area (Å²) in [6.07, 6.45) is 0.135. The normalized spacial score (nSPS) is 18.5. The molecule has 2 aliphatic rings. The highest BCUT2D eigenvalue weighted by molar-refractivity contribution is 5.94. The molecule has 3 aromatic rings. The van der Waals surface area contributed by atoms with Gasteiger partial charge in [-0.15, -0.1) is 0 Å². The quantitative estimate of drug-likeness (QED) is 0.258. The summed E-state index contributed by atoms with van der Waals surface area (Å²) in [5.74, 6) is 1.37. The van der Waals surface area contributed by atoms with Crippen LogP contribution in [-0.4, -0.2) is 81.7 Å². The third kappa shape index (κ3) is 8.06. The Morgan fingerprint density at radius 3 is 2.67 bits per heavy atom. The molecule has 3 unspecified atom stereocenters. The smallest absolute Gasteiger partial charge is 0.407 e. The zero-order chi connectivity index (χ0) is 31.8. The molecular formula is C35H43N3O7. The first-order valence-corrected chi connectivity index (χ1v) is 15.5. The molecule has 45 heavy (non-hydrogen) atoms. The number of rotatable bonds is 12. The number of carboxylic acid groups (broad SMARTS) is 1. The standard InChI is InChI=1S/C35H43N3O7/c1-24(45-29-7-4-6-28(21-29)34(39)36-2)26-9-11-27(12-10-26)30-14-16-38(35(40)41)22-33(30)44-23-25-8-13-32-31(20-25)37(17-19-43-32)15-5-18-42-3/h4,6-13,20-21,24,30,33H,5,14-19,22-23H2,1-3H3,(H,36,39)(H,40,41). The van der Waals surface area contributed by atoms with E-state index >= 15 is 0 Å². The average molecular weight is 618 g/mol. The van der Waals surface area contributed by atoms with E-state index in [1.54, 1.807) is 32.4 Å². The maximum Gasteiger partial charge on any atom is 0.407 e. The van der Waals surface area contributed by atoms with Crippen molar-refractivity contribution in [3.05, 3.63) is 89.0 Å². The minimum Gasteiger partial charge on any atom is -0.490 e. The van der Waals surface area contributed by atoms with E-state index in [0.29, 0.717) is 50.6 Å². The van der Waals surface area contributed by atoms with Gasteiger partial charge in [-0.1, -0.05) is 36.4 Å². The van der Waals surface area contributed by atoms with E-state index in [1.807, 2.05) is 37.3 Å². The van der Waals surface area contributed by atoms with Crippen molar-refractivity contribution in [3.8, 4) is 11.5 Å². The first-order chi connectivity index (χ1) is 21.9. The molecule has 10 nitrogen and oxygen atoms in total. The Hall–Kier alpha value is -4.28. The number of carbonyl (C=O) groups excluding carboxylic acids is 1. The molecule has 1 fully saturated rings. The Labute approximate surface area is 264 Å². The highest BCUT2D eigenvalue weighted by atomic mass is 16.5. The number of fused-ring (bicyclic) bond motifs is 1. The van der Waals surface area contributed by atoms with Crippen LogP contribution in [0.3, 0.4) is 0 Å². The molecule has 240 valence electrons. The highest BCUT2D eigenvalue weighted by Gasteiger charge is 2.33. The summed E-state index contributed by atoms with van der Waals surface area (Å²) >= 11 is 0. The van der Waals surface area contributed by atoms with E-state index in [2.05, 4.69) is 28.4 Å². The van der Waals surface area contributed by atoms with Crippen LogP contribution in [0.4, 0.5) is 10.5 Å². The summed E-state index contributed by atoms with van der Waals surface area (Å²) in [7, 11) is 3.32. The van der Waals surface area contributed by atoms with Gasteiger partial charge in [0.05, 0.1) is 31.5 Å². The SMILES string of the molecule is CNC(=O)c1cccc(OC(C)c2ccc(C3CCN(C(=O)O)CC3OCc3ccc4c(c3)N(CCCOC)CCO4)cc2)c1. The first-order valence-electron chi connectivity index (χ1n) is 15.5. The molecular weight excluding hydrogens is 574 g/mol. The van der Waals surface area contributed by atoms with Gasteiger partial charge in [-0.3, -0.25) is 4.79 Å². The van der Waals surface area contributed by atoms with Gasteiger partial charge < -0.3 is 39.2 Å². The molecule has 2 amide bonds. The van der Waals surface area contributed by atoms with Crippen LogP contribution in [-0.2, 0) is 16.1 Å². The number of amides is 2. The molecule has 5 rings (SSSR count). The predicted octanol–water partition coefficient (Wildman–Crippen LogP) is 5.47. The van der Waals surface area contributed by atoms with E-state index < -0.39 is 6.09 Å². The van der Waals surface area contributed by atoms with Crippen molar-refractivity contribution in [1.29, 1.82) is 0 Å². The number of anilines is 1. The minimum absolute atomic E-state index is 0.0432. The van der Waals surface area contributed by atoms with E-state index in [-0.39, 0.29) is 24.0 Å². The number of hydrogen-bond acceptors (Lipinski definition) is 7. The number of nitrogens with zero attached hydrogens (tertiary/aromatic N) is 2. The first kappa shape index (κ1) is 32.1. The number of nitrogens with one attached hydrogen (secondary N) is 1. The van der Waals surface area contributed by atoms with Crippen LogP contribution in [0.25, 0.3) is 0 Å². The zero-order valence-electron chi connectivity index (χ0n) is 26.2. The highest BCUT2D eigenvalue weighted by Crippen LogP contribution is 2.35. The average Bonchev–Trinajstić information content (AvgIpc) is 3.07. The fraction of sp³-hybridized carbons (Fsp3) is 0.429. The molecule has 3 atom stereocenters. The molecule has 0 spiro atoms. The van der Waals surface area contributed by atoms with Gasteiger partial charge in [0.2, 0.25) is 0 Å². The van der Waals surface area contributed by atoms with Gasteiger partial charge in [-0.2, -0.15) is 0 Å². The fourth-order valence-electron chi connectivity index (χ4n) is 6.03. The van der Waals surface area contributed by atoms with Crippen LogP contribution in [0.15, 0.2) is 66.7 Å². The lowest BCUT2D eigenvalue weighted by Gasteiger charge is -2.37. The number of ether oxygens (including phenoxy) is 4. The number of piperidine rings is 1. The molecule has 2 aliphatic heterocycles. The monoisotopic (exact) mass is 617 g/mol. The maximum atomic E-state index is 12.0. The third-order valence-corrected chi connectivity index (χ3v) is 8.52. The van der Waals surface area contributed by atoms with Gasteiger partial charge in [0.25, 0.3) is 5.91 Å². The number of methoxy groups -OCH3 is 1. The lowest BCUT2D eigenvalue weighted by Crippen LogP contribution is -2.46. The molecule has 0 bridgehead atoms. The summed E-state index contributed by atoms with van der Waals surface area (Å²) in [4.78, 5) is 27.6. The summed E-state index contributed by atoms with van der Waals surface area (Å²) < 4.78 is 23.8. The second-order valence-corrected chi connectivity index (χ2v) is 11.5. The van der Waals surface area contributed by atoms with Crippen molar-refractivity contribution in [2.24, 2.45) is 0 Å². The molecule has 2 heterocycles. The second-order valence-electron chi connectivity index (χ2n) is 11.5. The molecule has 0 saturated carbocycles. The Kier molecular flexibility index (Phi) is 10.8. The van der Waals surface area contributed by atoms with Crippen molar-refractivity contribution >= 4 is 17.7 Å². The van der Waals surface area contributed by atoms with E-state index in [4.69, 9.17) is 18.9 Å². The Balaban J connectivity index is 1.27. The van der Waals surface area contributed by atoms with Crippen molar-refractivity contribution in [1.82, 2.24) is 10.2 Å². The molecule has 2 N–H and O–H groups in total. The van der Waals surface area contributed by atoms with Gasteiger partial charge >= 0.3 is 6.09 Å². The lowest BCUT2D eigenvalue weighted by molar-refractivity contribution is -0.0199. The summed E-state index contributed by atoms with van der Waals surface area (Å²) in [6.45, 7) is 6.16. The van der Waals surface area contributed by atoms with Crippen LogP contribution >= 0.6 is 0 Å². The van der Waals surface area contributed by atoms with Gasteiger partial charge in [0.1, 0.15) is 24.2 Å². The van der Waals surface area contributed by atoms with Crippen molar-refractivity contribution in [2.75, 3.05) is 58.5 Å². The van der Waals surface area contributed by atoms with Crippen LogP contribution in [0.1, 0.15) is 58.8 Å². The molecule has 3 aromatic carbocycles. The van der Waals surface area contributed by atoms with Gasteiger partial charge in [0.15, 0.2) is 0 Å². The molecule has 10 heteroatoms. The summed E-state index contributed by atoms with van der Waals surface area (Å²) in [5, 5.41) is 12.4. The largest absolute Gasteiger partial charge is 0.490 e. The molecule has 0 aromatic heterocycles. The fourth-order valence-corrected chi connectivity index (χ4v) is 6.03. The number of likely N-dealkylation sites (tertiary alicyclic amines) is 1. The molecule has 0 radical (unpaired) electrons. The van der Waals surface area contributed by atoms with Gasteiger partial charge in [-0.25, -0.2) is 4.79 Å². The van der Waals surface area contributed by atoms with Crippen LogP contribution in [0, 0.1) is 0 Å². The second kappa shape index (κ2) is 15.1. The van der Waals surface area contributed by atoms with Crippen LogP contribution in [0.2, 0.25) is 0 Å². The van der Waals surface area contributed by atoms with Crippen LogP contribution < -0.4 is 19.7 Å². The van der Waals surface area contributed by atoms with E-state index in [1.165, 1.54) is 4.90 Å². The number of benzene rings is 3. The Morgan fingerprint density at radius 2 is 1.91 bits per heavy atom. The van der Waals surface area contributed by atoms with Crippen molar-refractivity contribution in [2.45, 2.75) is 44.5 Å². The number of carbonyl (C=O) groups is 2. The maximum absolute atomic E-state index is 12.0. The summed E-state index contributed by atoms with van der Waals surface area (Å²) in [6, 6.07) is 21.5. The Bertz CT molecular complexity index is 1450. The minimum atomic E-state index is -0.929. The zero-order valence-corrected chi connectivity index (χ0v) is 26.2. The molecule has 0 aliphatic carbocycles. The van der Waals surface area contributed by atoms with Crippen molar-refractivity contribution in [3.63, 3.8) is 0 Å². The van der Waals surface area contributed by atoms with Crippen molar-refractivity contribution < 1.29 is 33.6 Å². The predicted molar refractivity (Wildman–Crippen MR) is 171 cm³/mol. The topological polar surface area (TPSA) is 110 Å². The summed E-state index contributed by atoms with van der Waals surface area (Å²) in [5.41, 5.74) is 4.71. The van der Waals surface area contributed by atoms with E-state index in [9.17, 15) is 14.7 Å². The van der Waals surface area contributed by atoms with Crippen LogP contribution in [0.5, 0.6) is 11.5 Å². The Morgan fingerprint density at radius 1 is 1.09 bits per heavy atom. The third-order valence-electron chi connectivity index (χ3n) is 8.52. The van der Waals surface area contributed by atoms with Gasteiger partial charge in [-0.05, 0) is 66.8 Å². The van der Waals surface area contributed by atoms with Gasteiger partial charge in [0, 0.05) is 45.3 Å². The van der Waals surface area contributed by atoms with E-state index in [0.717, 1.165) is 47.6 Å². The number of hydrogen-bond donors (Lipinski definition) is 2. The molecule has 1 saturated heterocycles.